The Kier molecular flexibility index (Phi) is 5.93. The van der Waals surface area contributed by atoms with E-state index in [9.17, 15) is 0 Å². The summed E-state index contributed by atoms with van der Waals surface area (Å²) in [6.07, 6.45) is 0. The molecular formula is C20H33N3O. The van der Waals surface area contributed by atoms with Crippen LogP contribution in [0.25, 0.3) is 0 Å². The molecule has 2 aliphatic rings. The molecule has 2 heterocycles. The summed E-state index contributed by atoms with van der Waals surface area (Å²) in [6.45, 7) is 14.6. The van der Waals surface area contributed by atoms with Gasteiger partial charge in [0.15, 0.2) is 0 Å². The van der Waals surface area contributed by atoms with E-state index in [0.29, 0.717) is 11.5 Å². The van der Waals surface area contributed by atoms with Crippen LogP contribution in [0, 0.1) is 5.41 Å². The first kappa shape index (κ1) is 17.9. The fourth-order valence-corrected chi connectivity index (χ4v) is 4.13. The summed E-state index contributed by atoms with van der Waals surface area (Å²) in [7, 11) is 2.26. The highest BCUT2D eigenvalue weighted by molar-refractivity contribution is 5.20. The van der Waals surface area contributed by atoms with Crippen LogP contribution in [-0.2, 0) is 4.74 Å². The van der Waals surface area contributed by atoms with Crippen LogP contribution in [0.5, 0.6) is 0 Å². The van der Waals surface area contributed by atoms with Crippen molar-refractivity contribution >= 4 is 0 Å². The van der Waals surface area contributed by atoms with Gasteiger partial charge in [-0.3, -0.25) is 14.7 Å². The molecule has 4 heteroatoms. The van der Waals surface area contributed by atoms with E-state index in [2.05, 4.69) is 65.9 Å². The van der Waals surface area contributed by atoms with Gasteiger partial charge in [0, 0.05) is 51.9 Å². The molecule has 0 aromatic heterocycles. The molecule has 0 spiro atoms. The third-order valence-corrected chi connectivity index (χ3v) is 5.32. The van der Waals surface area contributed by atoms with Crippen LogP contribution in [0.4, 0.5) is 0 Å². The van der Waals surface area contributed by atoms with Gasteiger partial charge in [-0.15, -0.1) is 0 Å². The lowest BCUT2D eigenvalue weighted by Gasteiger charge is -2.44. The maximum atomic E-state index is 5.48. The second-order valence-electron chi connectivity index (χ2n) is 8.19. The van der Waals surface area contributed by atoms with Crippen molar-refractivity contribution in [1.29, 1.82) is 0 Å². The van der Waals surface area contributed by atoms with Gasteiger partial charge in [0.2, 0.25) is 0 Å². The molecule has 0 amide bonds. The molecule has 24 heavy (non-hydrogen) atoms. The van der Waals surface area contributed by atoms with Crippen molar-refractivity contribution < 1.29 is 4.74 Å². The Labute approximate surface area is 147 Å². The molecule has 0 aliphatic carbocycles. The minimum absolute atomic E-state index is 0.314. The smallest absolute Gasteiger partial charge is 0.0594 e. The van der Waals surface area contributed by atoms with E-state index in [1.807, 2.05) is 0 Å². The Bertz CT molecular complexity index is 499. The topological polar surface area (TPSA) is 19.0 Å². The van der Waals surface area contributed by atoms with Gasteiger partial charge in [-0.2, -0.15) is 0 Å². The summed E-state index contributed by atoms with van der Waals surface area (Å²) in [4.78, 5) is 7.73. The van der Waals surface area contributed by atoms with Crippen LogP contribution in [0.1, 0.15) is 25.5 Å². The summed E-state index contributed by atoms with van der Waals surface area (Å²) in [6, 6.07) is 11.5. The molecule has 0 unspecified atom stereocenters. The highest BCUT2D eigenvalue weighted by atomic mass is 16.5. The SMILES string of the molecule is CN1CCN(CC(C)(C)CN2CCOCC2)C[C@H]1c1ccccc1. The second kappa shape index (κ2) is 7.96. The van der Waals surface area contributed by atoms with Gasteiger partial charge in [0.05, 0.1) is 13.2 Å². The Morgan fingerprint density at radius 2 is 1.62 bits per heavy atom. The monoisotopic (exact) mass is 331 g/mol. The van der Waals surface area contributed by atoms with Crippen molar-refractivity contribution in [2.24, 2.45) is 5.41 Å². The van der Waals surface area contributed by atoms with E-state index in [0.717, 1.165) is 39.4 Å². The van der Waals surface area contributed by atoms with Gasteiger partial charge in [0.25, 0.3) is 0 Å². The first-order valence-corrected chi connectivity index (χ1v) is 9.31. The zero-order chi connectivity index (χ0) is 17.0. The number of nitrogens with zero attached hydrogens (tertiary/aromatic N) is 3. The lowest BCUT2D eigenvalue weighted by Crippen LogP contribution is -2.51. The van der Waals surface area contributed by atoms with Crippen molar-refractivity contribution in [3.05, 3.63) is 35.9 Å². The highest BCUT2D eigenvalue weighted by Crippen LogP contribution is 2.27. The summed E-state index contributed by atoms with van der Waals surface area (Å²) in [5.74, 6) is 0. The standard InChI is InChI=1S/C20H33N3O/c1-20(2,16-22-11-13-24-14-12-22)17-23-10-9-21(3)19(15-23)18-7-5-4-6-8-18/h4-8,19H,9-17H2,1-3H3/t19-/m0/s1. The van der Waals surface area contributed by atoms with Gasteiger partial charge in [-0.25, -0.2) is 0 Å². The molecule has 0 saturated carbocycles. The Hall–Kier alpha value is -0.940. The Balaban J connectivity index is 1.58. The fourth-order valence-electron chi connectivity index (χ4n) is 4.13. The lowest BCUT2D eigenvalue weighted by molar-refractivity contribution is 0.00733. The van der Waals surface area contributed by atoms with E-state index < -0.39 is 0 Å². The first-order chi connectivity index (χ1) is 11.5. The van der Waals surface area contributed by atoms with E-state index >= 15 is 0 Å². The first-order valence-electron chi connectivity index (χ1n) is 9.31. The molecule has 2 aliphatic heterocycles. The number of piperazine rings is 1. The van der Waals surface area contributed by atoms with Crippen LogP contribution in [-0.4, -0.2) is 80.8 Å². The average molecular weight is 332 g/mol. The van der Waals surface area contributed by atoms with E-state index in [1.54, 1.807) is 0 Å². The molecule has 2 fully saturated rings. The second-order valence-corrected chi connectivity index (χ2v) is 8.19. The Morgan fingerprint density at radius 3 is 2.33 bits per heavy atom. The largest absolute Gasteiger partial charge is 0.379 e. The average Bonchev–Trinajstić information content (AvgIpc) is 2.57. The van der Waals surface area contributed by atoms with Crippen molar-refractivity contribution in [2.45, 2.75) is 19.9 Å². The zero-order valence-electron chi connectivity index (χ0n) is 15.6. The van der Waals surface area contributed by atoms with Gasteiger partial charge in [0.1, 0.15) is 0 Å². The van der Waals surface area contributed by atoms with Gasteiger partial charge >= 0.3 is 0 Å². The summed E-state index contributed by atoms with van der Waals surface area (Å²) < 4.78 is 5.48. The number of ether oxygens (including phenoxy) is 1. The zero-order valence-corrected chi connectivity index (χ0v) is 15.6. The predicted octanol–water partition coefficient (Wildman–Crippen LogP) is 2.33. The maximum absolute atomic E-state index is 5.48. The normalized spacial score (nSPS) is 25.0. The molecule has 3 rings (SSSR count). The molecule has 2 saturated heterocycles. The van der Waals surface area contributed by atoms with Crippen molar-refractivity contribution in [3.8, 4) is 0 Å². The fraction of sp³-hybridized carbons (Fsp3) is 0.700. The third-order valence-electron chi connectivity index (χ3n) is 5.32. The summed E-state index contributed by atoms with van der Waals surface area (Å²) in [5, 5.41) is 0. The minimum Gasteiger partial charge on any atom is -0.379 e. The van der Waals surface area contributed by atoms with Crippen LogP contribution in [0.2, 0.25) is 0 Å². The predicted molar refractivity (Wildman–Crippen MR) is 99.3 cm³/mol. The van der Waals surface area contributed by atoms with Crippen LogP contribution in [0.15, 0.2) is 30.3 Å². The van der Waals surface area contributed by atoms with Crippen molar-refractivity contribution in [2.75, 3.05) is 66.1 Å². The number of hydrogen-bond acceptors (Lipinski definition) is 4. The number of likely N-dealkylation sites (N-methyl/N-ethyl adjacent to an activating group) is 1. The number of hydrogen-bond donors (Lipinski definition) is 0. The van der Waals surface area contributed by atoms with Crippen molar-refractivity contribution in [3.63, 3.8) is 0 Å². The maximum Gasteiger partial charge on any atom is 0.0594 e. The molecule has 0 bridgehead atoms. The van der Waals surface area contributed by atoms with E-state index in [1.165, 1.54) is 25.2 Å². The highest BCUT2D eigenvalue weighted by Gasteiger charge is 2.30. The quantitative estimate of drug-likeness (QED) is 0.824. The summed E-state index contributed by atoms with van der Waals surface area (Å²) >= 11 is 0. The molecule has 134 valence electrons. The molecule has 1 aromatic carbocycles. The van der Waals surface area contributed by atoms with Crippen LogP contribution < -0.4 is 0 Å². The third kappa shape index (κ3) is 4.79. The van der Waals surface area contributed by atoms with Gasteiger partial charge in [-0.1, -0.05) is 44.2 Å². The van der Waals surface area contributed by atoms with Crippen LogP contribution >= 0.6 is 0 Å². The number of benzene rings is 1. The summed E-state index contributed by atoms with van der Waals surface area (Å²) in [5.41, 5.74) is 1.75. The minimum atomic E-state index is 0.314. The molecule has 0 N–H and O–H groups in total. The van der Waals surface area contributed by atoms with Crippen LogP contribution in [0.3, 0.4) is 0 Å². The molecule has 4 nitrogen and oxygen atoms in total. The van der Waals surface area contributed by atoms with E-state index in [4.69, 9.17) is 4.74 Å². The molecule has 1 aromatic rings. The van der Waals surface area contributed by atoms with Crippen molar-refractivity contribution in [1.82, 2.24) is 14.7 Å². The molecule has 0 radical (unpaired) electrons. The van der Waals surface area contributed by atoms with Gasteiger partial charge in [-0.05, 0) is 18.0 Å². The molecule has 1 atom stereocenters. The Morgan fingerprint density at radius 1 is 0.958 bits per heavy atom. The number of rotatable bonds is 5. The molecular weight excluding hydrogens is 298 g/mol. The number of morpholine rings is 1. The van der Waals surface area contributed by atoms with E-state index in [-0.39, 0.29) is 0 Å². The van der Waals surface area contributed by atoms with Gasteiger partial charge < -0.3 is 4.74 Å². The lowest BCUT2D eigenvalue weighted by atomic mass is 9.90.